The molecule has 0 radical (unpaired) electrons. The number of hydrogen-bond acceptors (Lipinski definition) is 0. The molecule has 0 bridgehead atoms. The summed E-state index contributed by atoms with van der Waals surface area (Å²) in [5.41, 5.74) is 2.98. The second-order valence-corrected chi connectivity index (χ2v) is 7.04. The SMILES string of the molecule is ICCCC[c-]1cccc1.ICCCC[c-]1cccc1.[Fe+2]. The minimum Gasteiger partial charge on any atom is -0.213 e. The normalized spacial score (nSPS) is 9.62. The Morgan fingerprint density at radius 1 is 0.571 bits per heavy atom. The summed E-state index contributed by atoms with van der Waals surface area (Å²) in [5, 5.41) is 0. The van der Waals surface area contributed by atoms with Gasteiger partial charge in [-0.1, -0.05) is 70.9 Å². The molecule has 2 aromatic rings. The Morgan fingerprint density at radius 3 is 1.19 bits per heavy atom. The van der Waals surface area contributed by atoms with Crippen LogP contribution in [0, 0.1) is 0 Å². The summed E-state index contributed by atoms with van der Waals surface area (Å²) in [6.45, 7) is 0. The summed E-state index contributed by atoms with van der Waals surface area (Å²) >= 11 is 4.86. The fourth-order valence-electron chi connectivity index (χ4n) is 2.01. The van der Waals surface area contributed by atoms with Crippen molar-refractivity contribution in [1.82, 2.24) is 0 Å². The van der Waals surface area contributed by atoms with Crippen LogP contribution < -0.4 is 0 Å². The third-order valence-corrected chi connectivity index (χ3v) is 4.69. The van der Waals surface area contributed by atoms with Crippen molar-refractivity contribution in [3.05, 3.63) is 59.7 Å². The van der Waals surface area contributed by atoms with Gasteiger partial charge in [0.05, 0.1) is 0 Å². The van der Waals surface area contributed by atoms with Gasteiger partial charge in [-0.2, -0.15) is 35.4 Å². The maximum absolute atomic E-state index is 2.43. The Bertz CT molecular complexity index is 353. The molecule has 0 atom stereocenters. The van der Waals surface area contributed by atoms with E-state index >= 15 is 0 Å². The van der Waals surface area contributed by atoms with Gasteiger partial charge in [-0.25, -0.2) is 24.3 Å². The zero-order valence-electron chi connectivity index (χ0n) is 12.4. The number of alkyl halides is 2. The van der Waals surface area contributed by atoms with E-state index in [1.54, 1.807) is 0 Å². The standard InChI is InChI=1S/2C9H12I.Fe/c2*10-8-4-3-7-9-5-1-2-6-9;/h2*1-2,5-6H,3-4,7-8H2;/q2*-1;+2. The van der Waals surface area contributed by atoms with Crippen LogP contribution in [0.15, 0.2) is 48.5 Å². The van der Waals surface area contributed by atoms with Gasteiger partial charge < -0.3 is 0 Å². The van der Waals surface area contributed by atoms with Crippen molar-refractivity contribution in [2.75, 3.05) is 8.86 Å². The van der Waals surface area contributed by atoms with Gasteiger partial charge in [0.15, 0.2) is 0 Å². The molecule has 3 heteroatoms. The zero-order valence-corrected chi connectivity index (χ0v) is 17.8. The molecule has 0 aliphatic rings. The van der Waals surface area contributed by atoms with E-state index < -0.39 is 0 Å². The van der Waals surface area contributed by atoms with E-state index in [-0.39, 0.29) is 17.1 Å². The molecule has 0 N–H and O–H groups in total. The molecule has 0 spiro atoms. The van der Waals surface area contributed by atoms with Crippen molar-refractivity contribution in [3.63, 3.8) is 0 Å². The zero-order chi connectivity index (χ0) is 14.5. The van der Waals surface area contributed by atoms with Crippen LogP contribution in [0.4, 0.5) is 0 Å². The molecule has 0 heterocycles. The summed E-state index contributed by atoms with van der Waals surface area (Å²) < 4.78 is 2.58. The minimum atomic E-state index is 0. The average molecular weight is 550 g/mol. The third-order valence-electron chi connectivity index (χ3n) is 3.16. The first-order valence-electron chi connectivity index (χ1n) is 7.40. The Hall–Kier alpha value is 0.679. The minimum absolute atomic E-state index is 0. The van der Waals surface area contributed by atoms with Crippen molar-refractivity contribution in [2.45, 2.75) is 38.5 Å². The molecule has 0 aliphatic carbocycles. The van der Waals surface area contributed by atoms with Gasteiger partial charge in [0, 0.05) is 0 Å². The smallest absolute Gasteiger partial charge is 0.213 e. The van der Waals surface area contributed by atoms with E-state index in [9.17, 15) is 0 Å². The molecule has 0 fully saturated rings. The molecule has 118 valence electrons. The Kier molecular flexibility index (Phi) is 16.1. The molecule has 0 saturated carbocycles. The molecule has 0 nitrogen and oxygen atoms in total. The van der Waals surface area contributed by atoms with Gasteiger partial charge in [0.25, 0.3) is 0 Å². The van der Waals surface area contributed by atoms with Crippen LogP contribution in [-0.4, -0.2) is 8.86 Å². The topological polar surface area (TPSA) is 0 Å². The Labute approximate surface area is 168 Å². The van der Waals surface area contributed by atoms with Gasteiger partial charge >= 0.3 is 17.1 Å². The summed E-state index contributed by atoms with van der Waals surface area (Å²) in [6, 6.07) is 17.2. The second-order valence-electron chi connectivity index (χ2n) is 4.88. The summed E-state index contributed by atoms with van der Waals surface area (Å²) in [5.74, 6) is 0. The molecule has 2 rings (SSSR count). The maximum atomic E-state index is 2.43. The predicted molar refractivity (Wildman–Crippen MR) is 108 cm³/mol. The predicted octanol–water partition coefficient (Wildman–Crippen LogP) is 6.32. The van der Waals surface area contributed by atoms with Gasteiger partial charge in [-0.05, 0) is 21.7 Å². The second kappa shape index (κ2) is 15.6. The van der Waals surface area contributed by atoms with Crippen LogP contribution in [0.2, 0.25) is 0 Å². The fraction of sp³-hybridized carbons (Fsp3) is 0.444. The molecule has 0 aromatic heterocycles. The molecular formula is C18H24FeI2. The molecule has 0 amide bonds. The molecule has 21 heavy (non-hydrogen) atoms. The average Bonchev–Trinajstić information content (AvgIpc) is 3.13. The van der Waals surface area contributed by atoms with Gasteiger partial charge in [-0.3, -0.25) is 0 Å². The van der Waals surface area contributed by atoms with Crippen molar-refractivity contribution in [3.8, 4) is 0 Å². The van der Waals surface area contributed by atoms with Crippen LogP contribution in [-0.2, 0) is 29.9 Å². The van der Waals surface area contributed by atoms with E-state index in [0.717, 1.165) is 0 Å². The van der Waals surface area contributed by atoms with Gasteiger partial charge in [0.2, 0.25) is 0 Å². The van der Waals surface area contributed by atoms with Crippen molar-refractivity contribution in [2.24, 2.45) is 0 Å². The maximum Gasteiger partial charge on any atom is 2.00 e. The quantitative estimate of drug-likeness (QED) is 0.119. The Balaban J connectivity index is 0.000000364. The first-order chi connectivity index (χ1) is 9.86. The first kappa shape index (κ1) is 21.7. The van der Waals surface area contributed by atoms with Gasteiger partial charge in [0.1, 0.15) is 0 Å². The van der Waals surface area contributed by atoms with E-state index in [4.69, 9.17) is 0 Å². The number of hydrogen-bond donors (Lipinski definition) is 0. The van der Waals surface area contributed by atoms with Crippen LogP contribution in [0.3, 0.4) is 0 Å². The monoisotopic (exact) mass is 550 g/mol. The van der Waals surface area contributed by atoms with E-state index in [1.165, 1.54) is 58.5 Å². The number of unbranched alkanes of at least 4 members (excludes halogenated alkanes) is 2. The van der Waals surface area contributed by atoms with Crippen molar-refractivity contribution < 1.29 is 17.1 Å². The molecule has 0 saturated heterocycles. The van der Waals surface area contributed by atoms with Crippen LogP contribution >= 0.6 is 45.2 Å². The summed E-state index contributed by atoms with van der Waals surface area (Å²) in [4.78, 5) is 0. The van der Waals surface area contributed by atoms with Crippen molar-refractivity contribution >= 4 is 45.2 Å². The van der Waals surface area contributed by atoms with Crippen LogP contribution in [0.25, 0.3) is 0 Å². The van der Waals surface area contributed by atoms with Crippen LogP contribution in [0.5, 0.6) is 0 Å². The molecule has 0 unspecified atom stereocenters. The van der Waals surface area contributed by atoms with E-state index in [1.807, 2.05) is 0 Å². The Morgan fingerprint density at radius 2 is 0.905 bits per heavy atom. The first-order valence-corrected chi connectivity index (χ1v) is 10.4. The van der Waals surface area contributed by atoms with Crippen molar-refractivity contribution in [1.29, 1.82) is 0 Å². The largest absolute Gasteiger partial charge is 2.00 e. The molecular weight excluding hydrogens is 526 g/mol. The summed E-state index contributed by atoms with van der Waals surface area (Å²) in [7, 11) is 0. The number of rotatable bonds is 8. The number of aryl methyl sites for hydroxylation is 2. The fourth-order valence-corrected chi connectivity index (χ4v) is 3.09. The summed E-state index contributed by atoms with van der Waals surface area (Å²) in [6.07, 6.45) is 7.91. The molecule has 2 aromatic carbocycles. The van der Waals surface area contributed by atoms with Crippen LogP contribution in [0.1, 0.15) is 36.8 Å². The number of halogens is 2. The van der Waals surface area contributed by atoms with E-state index in [0.29, 0.717) is 0 Å². The molecule has 0 aliphatic heterocycles. The third kappa shape index (κ3) is 11.8. The van der Waals surface area contributed by atoms with Gasteiger partial charge in [-0.15, -0.1) is 0 Å². The van der Waals surface area contributed by atoms with E-state index in [2.05, 4.69) is 93.7 Å².